The molecule has 1 fully saturated rings. The monoisotopic (exact) mass is 273 g/mol. The fourth-order valence-electron chi connectivity index (χ4n) is 3.03. The van der Waals surface area contributed by atoms with Crippen molar-refractivity contribution in [1.29, 1.82) is 0 Å². The predicted molar refractivity (Wildman–Crippen MR) is 79.3 cm³/mol. The van der Waals surface area contributed by atoms with Crippen LogP contribution in [0.2, 0.25) is 0 Å². The van der Waals surface area contributed by atoms with Gasteiger partial charge < -0.3 is 5.11 Å². The summed E-state index contributed by atoms with van der Waals surface area (Å²) in [4.78, 5) is 3.88. The second-order valence-electron chi connectivity index (χ2n) is 5.02. The molecular weight excluding hydrogens is 254 g/mol. The van der Waals surface area contributed by atoms with Crippen molar-refractivity contribution >= 4 is 11.3 Å². The lowest BCUT2D eigenvalue weighted by atomic mass is 10.0. The minimum atomic E-state index is 0.121. The minimum Gasteiger partial charge on any atom is -0.394 e. The molecule has 2 nitrogen and oxygen atoms in total. The molecule has 1 aromatic carbocycles. The molecule has 3 rings (SSSR count). The van der Waals surface area contributed by atoms with Gasteiger partial charge in [0.05, 0.1) is 12.6 Å². The zero-order valence-electron chi connectivity index (χ0n) is 10.9. The molecule has 1 aliphatic heterocycles. The number of hydrogen-bond donors (Lipinski definition) is 1. The summed E-state index contributed by atoms with van der Waals surface area (Å²) in [7, 11) is 0. The Morgan fingerprint density at radius 2 is 2.05 bits per heavy atom. The summed E-state index contributed by atoms with van der Waals surface area (Å²) in [5, 5.41) is 12.0. The molecule has 0 spiro atoms. The highest BCUT2D eigenvalue weighted by molar-refractivity contribution is 7.10. The first-order chi connectivity index (χ1) is 9.40. The predicted octanol–water partition coefficient (Wildman–Crippen LogP) is 3.62. The van der Waals surface area contributed by atoms with Crippen molar-refractivity contribution in [2.75, 3.05) is 13.2 Å². The first-order valence-corrected chi connectivity index (χ1v) is 7.73. The summed E-state index contributed by atoms with van der Waals surface area (Å²) in [6.45, 7) is 1.26. The molecule has 0 bridgehead atoms. The van der Waals surface area contributed by atoms with Crippen molar-refractivity contribution < 1.29 is 5.11 Å². The van der Waals surface area contributed by atoms with Crippen LogP contribution in [0.15, 0.2) is 47.8 Å². The maximum absolute atomic E-state index is 9.82. The first kappa shape index (κ1) is 12.9. The van der Waals surface area contributed by atoms with Crippen LogP contribution in [0.25, 0.3) is 0 Å². The van der Waals surface area contributed by atoms with Crippen molar-refractivity contribution in [1.82, 2.24) is 4.90 Å². The van der Waals surface area contributed by atoms with Gasteiger partial charge in [0.25, 0.3) is 0 Å². The maximum atomic E-state index is 9.82. The molecule has 0 amide bonds. The molecule has 2 aromatic rings. The zero-order chi connectivity index (χ0) is 13.1. The van der Waals surface area contributed by atoms with Crippen molar-refractivity contribution in [2.45, 2.75) is 24.9 Å². The molecule has 0 saturated carbocycles. The van der Waals surface area contributed by atoms with E-state index in [4.69, 9.17) is 0 Å². The summed E-state index contributed by atoms with van der Waals surface area (Å²) < 4.78 is 0. The topological polar surface area (TPSA) is 23.5 Å². The van der Waals surface area contributed by atoms with Crippen molar-refractivity contribution in [3.8, 4) is 0 Å². The van der Waals surface area contributed by atoms with E-state index >= 15 is 0 Å². The van der Waals surface area contributed by atoms with Crippen LogP contribution in [-0.2, 0) is 0 Å². The molecule has 0 radical (unpaired) electrons. The summed E-state index contributed by atoms with van der Waals surface area (Å²) in [6, 6.07) is 15.3. The largest absolute Gasteiger partial charge is 0.394 e. The number of benzene rings is 1. The molecule has 3 heteroatoms. The number of aliphatic hydroxyl groups excluding tert-OH is 1. The van der Waals surface area contributed by atoms with E-state index in [1.165, 1.54) is 23.3 Å². The van der Waals surface area contributed by atoms with Gasteiger partial charge in [0, 0.05) is 10.9 Å². The molecular formula is C16H19NOS. The van der Waals surface area contributed by atoms with Crippen LogP contribution >= 0.6 is 11.3 Å². The van der Waals surface area contributed by atoms with Gasteiger partial charge in [0.2, 0.25) is 0 Å². The number of nitrogens with zero attached hydrogens (tertiary/aromatic N) is 1. The van der Waals surface area contributed by atoms with E-state index in [-0.39, 0.29) is 12.6 Å². The smallest absolute Gasteiger partial charge is 0.0628 e. The first-order valence-electron chi connectivity index (χ1n) is 6.85. The number of hydrogen-bond acceptors (Lipinski definition) is 3. The standard InChI is InChI=1S/C16H19NOS/c18-12-15(13-6-2-1-3-7-13)17-10-4-8-14(17)16-9-5-11-19-16/h1-3,5-7,9,11,14-15,18H,4,8,10,12H2/t14-,15+/m1/s1. The quantitative estimate of drug-likeness (QED) is 0.919. The van der Waals surface area contributed by atoms with Gasteiger partial charge in [-0.25, -0.2) is 0 Å². The lowest BCUT2D eigenvalue weighted by Crippen LogP contribution is -2.30. The molecule has 0 aliphatic carbocycles. The fourth-order valence-corrected chi connectivity index (χ4v) is 3.91. The molecule has 2 atom stereocenters. The average molecular weight is 273 g/mol. The van der Waals surface area contributed by atoms with Crippen molar-refractivity contribution in [3.05, 3.63) is 58.3 Å². The zero-order valence-corrected chi connectivity index (χ0v) is 11.7. The van der Waals surface area contributed by atoms with E-state index in [1.54, 1.807) is 0 Å². The van der Waals surface area contributed by atoms with Crippen LogP contribution < -0.4 is 0 Å². The number of likely N-dealkylation sites (tertiary alicyclic amines) is 1. The molecule has 1 aliphatic rings. The van der Waals surface area contributed by atoms with Gasteiger partial charge in [0.15, 0.2) is 0 Å². The Kier molecular flexibility index (Phi) is 3.97. The Bertz CT molecular complexity index is 497. The van der Waals surface area contributed by atoms with E-state index in [9.17, 15) is 5.11 Å². The van der Waals surface area contributed by atoms with Gasteiger partial charge in [-0.2, -0.15) is 0 Å². The molecule has 0 unspecified atom stereocenters. The Labute approximate surface area is 118 Å². The second-order valence-corrected chi connectivity index (χ2v) is 6.00. The molecule has 1 aromatic heterocycles. The number of aliphatic hydroxyl groups is 1. The minimum absolute atomic E-state index is 0.121. The third-order valence-corrected chi connectivity index (χ3v) is 4.90. The van der Waals surface area contributed by atoms with Gasteiger partial charge in [-0.05, 0) is 36.4 Å². The van der Waals surface area contributed by atoms with Gasteiger partial charge >= 0.3 is 0 Å². The van der Waals surface area contributed by atoms with Crippen LogP contribution in [0.5, 0.6) is 0 Å². The summed E-state index contributed by atoms with van der Waals surface area (Å²) in [5.74, 6) is 0. The highest BCUT2D eigenvalue weighted by atomic mass is 32.1. The Balaban J connectivity index is 1.87. The number of rotatable bonds is 4. The molecule has 1 saturated heterocycles. The molecule has 19 heavy (non-hydrogen) atoms. The van der Waals surface area contributed by atoms with Gasteiger partial charge in [-0.3, -0.25) is 4.90 Å². The van der Waals surface area contributed by atoms with E-state index in [0.29, 0.717) is 6.04 Å². The van der Waals surface area contributed by atoms with E-state index in [1.807, 2.05) is 29.5 Å². The normalized spacial score (nSPS) is 21.6. The fraction of sp³-hybridized carbons (Fsp3) is 0.375. The van der Waals surface area contributed by atoms with Crippen LogP contribution in [-0.4, -0.2) is 23.2 Å². The average Bonchev–Trinajstić information content (AvgIpc) is 3.11. The van der Waals surface area contributed by atoms with E-state index < -0.39 is 0 Å². The van der Waals surface area contributed by atoms with Gasteiger partial charge in [-0.15, -0.1) is 11.3 Å². The Hall–Kier alpha value is -1.16. The molecule has 100 valence electrons. The second kappa shape index (κ2) is 5.87. The summed E-state index contributed by atoms with van der Waals surface area (Å²) in [6.07, 6.45) is 2.41. The summed E-state index contributed by atoms with van der Waals surface area (Å²) in [5.41, 5.74) is 1.22. The van der Waals surface area contributed by atoms with Crippen molar-refractivity contribution in [2.24, 2.45) is 0 Å². The van der Waals surface area contributed by atoms with Crippen molar-refractivity contribution in [3.63, 3.8) is 0 Å². The Morgan fingerprint density at radius 3 is 2.74 bits per heavy atom. The van der Waals surface area contributed by atoms with Gasteiger partial charge in [-0.1, -0.05) is 36.4 Å². The highest BCUT2D eigenvalue weighted by Crippen LogP contribution is 2.39. The Morgan fingerprint density at radius 1 is 1.21 bits per heavy atom. The maximum Gasteiger partial charge on any atom is 0.0628 e. The lowest BCUT2D eigenvalue weighted by Gasteiger charge is -2.31. The molecule has 2 heterocycles. The van der Waals surface area contributed by atoms with Crippen LogP contribution in [0.3, 0.4) is 0 Å². The SMILES string of the molecule is OC[C@@H](c1ccccc1)N1CCC[C@@H]1c1cccs1. The third kappa shape index (κ3) is 2.59. The van der Waals surface area contributed by atoms with E-state index in [0.717, 1.165) is 6.54 Å². The highest BCUT2D eigenvalue weighted by Gasteiger charge is 2.32. The van der Waals surface area contributed by atoms with E-state index in [2.05, 4.69) is 34.5 Å². The third-order valence-electron chi connectivity index (χ3n) is 3.92. The van der Waals surface area contributed by atoms with Crippen LogP contribution in [0.4, 0.5) is 0 Å². The van der Waals surface area contributed by atoms with Crippen LogP contribution in [0.1, 0.15) is 35.4 Å². The number of thiophene rings is 1. The summed E-state index contributed by atoms with van der Waals surface area (Å²) >= 11 is 1.82. The lowest BCUT2D eigenvalue weighted by molar-refractivity contribution is 0.113. The molecule has 1 N–H and O–H groups in total. The van der Waals surface area contributed by atoms with Gasteiger partial charge in [0.1, 0.15) is 0 Å². The van der Waals surface area contributed by atoms with Crippen LogP contribution in [0, 0.1) is 0 Å².